The third-order valence-corrected chi connectivity index (χ3v) is 7.45. The van der Waals surface area contributed by atoms with E-state index in [1.165, 1.54) is 11.3 Å². The summed E-state index contributed by atoms with van der Waals surface area (Å²) in [6.07, 6.45) is 2.81. The molecule has 0 radical (unpaired) electrons. The van der Waals surface area contributed by atoms with Crippen molar-refractivity contribution in [2.24, 2.45) is 0 Å². The maximum atomic E-state index is 12.9. The minimum absolute atomic E-state index is 0.0728. The molecule has 0 aliphatic carbocycles. The van der Waals surface area contributed by atoms with Crippen LogP contribution in [0.3, 0.4) is 0 Å². The van der Waals surface area contributed by atoms with Crippen molar-refractivity contribution in [1.29, 1.82) is 0 Å². The summed E-state index contributed by atoms with van der Waals surface area (Å²) in [7, 11) is 2.12. The van der Waals surface area contributed by atoms with E-state index in [1.54, 1.807) is 30.3 Å². The van der Waals surface area contributed by atoms with Crippen LogP contribution in [0.5, 0.6) is 0 Å². The number of fused-ring (bicyclic) bond motifs is 1. The fourth-order valence-electron chi connectivity index (χ4n) is 4.53. The molecule has 2 heterocycles. The van der Waals surface area contributed by atoms with E-state index in [2.05, 4.69) is 50.2 Å². The van der Waals surface area contributed by atoms with E-state index in [0.29, 0.717) is 16.5 Å². The number of carbonyl (C=O) groups excluding carboxylic acids is 3. The predicted octanol–water partition coefficient (Wildman–Crippen LogP) is 5.39. The van der Waals surface area contributed by atoms with Gasteiger partial charge in [0, 0.05) is 24.0 Å². The van der Waals surface area contributed by atoms with Crippen LogP contribution in [0.15, 0.2) is 47.4 Å². The van der Waals surface area contributed by atoms with Crippen molar-refractivity contribution in [3.8, 4) is 0 Å². The molecule has 0 bridgehead atoms. The summed E-state index contributed by atoms with van der Waals surface area (Å²) in [6.45, 7) is 8.44. The van der Waals surface area contributed by atoms with Gasteiger partial charge in [0.2, 0.25) is 5.91 Å². The van der Waals surface area contributed by atoms with Crippen LogP contribution in [-0.4, -0.2) is 41.1 Å². The fourth-order valence-corrected chi connectivity index (χ4v) is 5.36. The summed E-state index contributed by atoms with van der Waals surface area (Å²) >= 11 is 0.880. The molecule has 1 atom stereocenters. The number of hydrogen-bond acceptors (Lipinski definition) is 5. The van der Waals surface area contributed by atoms with Crippen molar-refractivity contribution >= 4 is 46.3 Å². The maximum absolute atomic E-state index is 12.9. The fraction of sp³-hybridized carbons (Fsp3) is 0.346. The number of nitrogens with one attached hydrogen (secondary N) is 1. The zero-order chi connectivity index (χ0) is 23.9. The number of rotatable bonds is 4. The molecule has 2 aliphatic rings. The van der Waals surface area contributed by atoms with Gasteiger partial charge in [-0.1, -0.05) is 25.1 Å². The van der Waals surface area contributed by atoms with E-state index in [-0.39, 0.29) is 12.1 Å². The number of benzene rings is 2. The summed E-state index contributed by atoms with van der Waals surface area (Å²) in [5, 5.41) is 2.28. The number of imide groups is 1. The SMILES string of the molecule is Cc1cc2c(cc1/C=C1\SC(=O)N(CC(=O)Nc3ccccc3)C1=O)[C@@H](C)CC(C)(C)N2C. The number of aryl methyl sites for hydroxylation is 1. The van der Waals surface area contributed by atoms with Gasteiger partial charge in [0.1, 0.15) is 6.54 Å². The summed E-state index contributed by atoms with van der Waals surface area (Å²) in [4.78, 5) is 41.5. The average Bonchev–Trinajstić information content (AvgIpc) is 3.01. The monoisotopic (exact) mass is 463 g/mol. The number of carbonyl (C=O) groups is 3. The second kappa shape index (κ2) is 8.71. The van der Waals surface area contributed by atoms with Crippen LogP contribution in [0.1, 0.15) is 49.8 Å². The second-order valence-electron chi connectivity index (χ2n) is 9.43. The Labute approximate surface area is 199 Å². The Hall–Kier alpha value is -3.06. The molecule has 0 saturated carbocycles. The van der Waals surface area contributed by atoms with Gasteiger partial charge in [0.05, 0.1) is 4.91 Å². The van der Waals surface area contributed by atoms with Gasteiger partial charge in [-0.15, -0.1) is 0 Å². The summed E-state index contributed by atoms with van der Waals surface area (Å²) in [5.74, 6) is -0.457. The highest BCUT2D eigenvalue weighted by Gasteiger charge is 2.37. The highest BCUT2D eigenvalue weighted by Crippen LogP contribution is 2.44. The number of hydrogen-bond donors (Lipinski definition) is 1. The molecule has 1 saturated heterocycles. The largest absolute Gasteiger partial charge is 0.369 e. The van der Waals surface area contributed by atoms with Crippen LogP contribution in [0, 0.1) is 6.92 Å². The van der Waals surface area contributed by atoms with E-state index in [9.17, 15) is 14.4 Å². The van der Waals surface area contributed by atoms with Gasteiger partial charge in [-0.05, 0) is 91.9 Å². The maximum Gasteiger partial charge on any atom is 0.294 e. The Bertz CT molecular complexity index is 1160. The van der Waals surface area contributed by atoms with Gasteiger partial charge >= 0.3 is 0 Å². The number of anilines is 2. The molecule has 3 amide bonds. The highest BCUT2D eigenvalue weighted by atomic mass is 32.2. The first-order chi connectivity index (χ1) is 15.6. The van der Waals surface area contributed by atoms with E-state index in [1.807, 2.05) is 13.0 Å². The van der Waals surface area contributed by atoms with Crippen LogP contribution in [-0.2, 0) is 9.59 Å². The van der Waals surface area contributed by atoms with Gasteiger partial charge in [-0.2, -0.15) is 0 Å². The van der Waals surface area contributed by atoms with Crippen LogP contribution < -0.4 is 10.2 Å². The summed E-state index contributed by atoms with van der Waals surface area (Å²) in [6, 6.07) is 13.3. The quantitative estimate of drug-likeness (QED) is 0.616. The molecule has 2 aromatic rings. The molecule has 2 aliphatic heterocycles. The van der Waals surface area contributed by atoms with E-state index in [0.717, 1.165) is 34.2 Å². The zero-order valence-electron chi connectivity index (χ0n) is 19.6. The van der Waals surface area contributed by atoms with Crippen molar-refractivity contribution in [1.82, 2.24) is 4.90 Å². The van der Waals surface area contributed by atoms with Crippen LogP contribution >= 0.6 is 11.8 Å². The van der Waals surface area contributed by atoms with Crippen molar-refractivity contribution in [3.63, 3.8) is 0 Å². The van der Waals surface area contributed by atoms with Crippen LogP contribution in [0.2, 0.25) is 0 Å². The average molecular weight is 464 g/mol. The van der Waals surface area contributed by atoms with Crippen molar-refractivity contribution in [2.45, 2.75) is 45.6 Å². The van der Waals surface area contributed by atoms with Crippen LogP contribution in [0.25, 0.3) is 6.08 Å². The lowest BCUT2D eigenvalue weighted by Crippen LogP contribution is -2.45. The molecule has 7 heteroatoms. The van der Waals surface area contributed by atoms with Gasteiger partial charge in [0.15, 0.2) is 0 Å². The minimum atomic E-state index is -0.434. The van der Waals surface area contributed by atoms with Crippen molar-refractivity contribution < 1.29 is 14.4 Å². The van der Waals surface area contributed by atoms with Crippen LogP contribution in [0.4, 0.5) is 16.2 Å². The lowest BCUT2D eigenvalue weighted by Gasteiger charge is -2.45. The number of nitrogens with zero attached hydrogens (tertiary/aromatic N) is 2. The Kier molecular flexibility index (Phi) is 6.10. The summed E-state index contributed by atoms with van der Waals surface area (Å²) in [5.41, 5.74) is 5.11. The number of amides is 3. The topological polar surface area (TPSA) is 69.7 Å². The molecule has 1 fully saturated rings. The normalized spacial score (nSPS) is 20.9. The molecule has 0 spiro atoms. The standard InChI is InChI=1S/C26H29N3O3S/c1-16-11-21-20(17(2)14-26(3,4)28(21)5)12-18(16)13-22-24(31)29(25(32)33-22)15-23(30)27-19-9-7-6-8-10-19/h6-13,17H,14-15H2,1-5H3,(H,27,30)/b22-13-/t17-/m0/s1. The molecule has 33 heavy (non-hydrogen) atoms. The number of thioether (sulfide) groups is 1. The lowest BCUT2D eigenvalue weighted by molar-refractivity contribution is -0.127. The Morgan fingerprint density at radius 1 is 1.21 bits per heavy atom. The highest BCUT2D eigenvalue weighted by molar-refractivity contribution is 8.18. The van der Waals surface area contributed by atoms with Gasteiger partial charge in [-0.25, -0.2) is 0 Å². The molecule has 0 aromatic heterocycles. The second-order valence-corrected chi connectivity index (χ2v) is 10.4. The predicted molar refractivity (Wildman–Crippen MR) is 134 cm³/mol. The third kappa shape index (κ3) is 4.55. The Morgan fingerprint density at radius 3 is 2.61 bits per heavy atom. The van der Waals surface area contributed by atoms with Gasteiger partial charge in [-0.3, -0.25) is 19.3 Å². The van der Waals surface area contributed by atoms with Crippen molar-refractivity contribution in [3.05, 3.63) is 64.1 Å². The third-order valence-electron chi connectivity index (χ3n) is 6.54. The molecule has 6 nitrogen and oxygen atoms in total. The molecular weight excluding hydrogens is 434 g/mol. The Morgan fingerprint density at radius 2 is 1.91 bits per heavy atom. The first-order valence-corrected chi connectivity index (χ1v) is 11.9. The van der Waals surface area contributed by atoms with E-state index < -0.39 is 17.1 Å². The molecule has 2 aromatic carbocycles. The zero-order valence-corrected chi connectivity index (χ0v) is 20.5. The molecule has 0 unspecified atom stereocenters. The summed E-state index contributed by atoms with van der Waals surface area (Å²) < 4.78 is 0. The van der Waals surface area contributed by atoms with Gasteiger partial charge in [0.25, 0.3) is 11.1 Å². The molecule has 4 rings (SSSR count). The molecular formula is C26H29N3O3S. The first-order valence-electron chi connectivity index (χ1n) is 11.1. The van der Waals surface area contributed by atoms with Crippen molar-refractivity contribution in [2.75, 3.05) is 23.8 Å². The smallest absolute Gasteiger partial charge is 0.294 e. The number of para-hydroxylation sites is 1. The first kappa shape index (κ1) is 23.1. The molecule has 1 N–H and O–H groups in total. The van der Waals surface area contributed by atoms with E-state index in [4.69, 9.17) is 0 Å². The lowest BCUT2D eigenvalue weighted by atomic mass is 9.79. The van der Waals surface area contributed by atoms with Gasteiger partial charge < -0.3 is 10.2 Å². The minimum Gasteiger partial charge on any atom is -0.369 e. The Balaban J connectivity index is 1.55. The van der Waals surface area contributed by atoms with E-state index >= 15 is 0 Å². The molecule has 172 valence electrons.